The maximum Gasteiger partial charge on any atom is 0.410 e. The van der Waals surface area contributed by atoms with Crippen molar-refractivity contribution in [1.82, 2.24) is 4.90 Å². The van der Waals surface area contributed by atoms with Crippen molar-refractivity contribution in [2.75, 3.05) is 20.2 Å². The predicted octanol–water partition coefficient (Wildman–Crippen LogP) is 6.39. The number of rotatable bonds is 6. The van der Waals surface area contributed by atoms with Crippen molar-refractivity contribution in [2.45, 2.75) is 77.7 Å². The van der Waals surface area contributed by atoms with E-state index >= 15 is 0 Å². The highest BCUT2D eigenvalue weighted by Crippen LogP contribution is 2.29. The third kappa shape index (κ3) is 8.32. The van der Waals surface area contributed by atoms with Gasteiger partial charge >= 0.3 is 6.09 Å². The van der Waals surface area contributed by atoms with E-state index in [1.165, 1.54) is 11.9 Å². The lowest BCUT2D eigenvalue weighted by molar-refractivity contribution is 0.0303. The molecule has 2 rings (SSSR count). The van der Waals surface area contributed by atoms with Crippen molar-refractivity contribution in [3.8, 4) is 0 Å². The SMILES string of the molecule is CN(CC/C(=N\SC(C)(C)C)c1cc(Cl)ccc1C1=NC(C)(C)CO1)C(=O)OC(C)(C)C. The van der Waals surface area contributed by atoms with E-state index in [1.807, 2.05) is 52.8 Å². The molecule has 0 aromatic heterocycles. The van der Waals surface area contributed by atoms with Crippen LogP contribution in [0.3, 0.4) is 0 Å². The summed E-state index contributed by atoms with van der Waals surface area (Å²) in [5.41, 5.74) is 1.72. The topological polar surface area (TPSA) is 63.5 Å². The first kappa shape index (κ1) is 26.5. The smallest absolute Gasteiger partial charge is 0.410 e. The van der Waals surface area contributed by atoms with Gasteiger partial charge in [0.15, 0.2) is 0 Å². The predicted molar refractivity (Wildman–Crippen MR) is 135 cm³/mol. The molecule has 0 spiro atoms. The highest BCUT2D eigenvalue weighted by Gasteiger charge is 2.29. The van der Waals surface area contributed by atoms with E-state index in [1.54, 1.807) is 11.9 Å². The Morgan fingerprint density at radius 2 is 1.94 bits per heavy atom. The lowest BCUT2D eigenvalue weighted by atomic mass is 10.0. The van der Waals surface area contributed by atoms with Crippen molar-refractivity contribution in [2.24, 2.45) is 9.39 Å². The highest BCUT2D eigenvalue weighted by atomic mass is 35.5. The van der Waals surface area contributed by atoms with Crippen LogP contribution < -0.4 is 0 Å². The Kier molecular flexibility index (Phi) is 8.32. The molecule has 32 heavy (non-hydrogen) atoms. The van der Waals surface area contributed by atoms with Gasteiger partial charge in [-0.05, 0) is 85.5 Å². The van der Waals surface area contributed by atoms with E-state index in [0.29, 0.717) is 30.5 Å². The second-order valence-electron chi connectivity index (χ2n) is 10.6. The molecule has 0 saturated heterocycles. The van der Waals surface area contributed by atoms with Gasteiger partial charge < -0.3 is 14.4 Å². The van der Waals surface area contributed by atoms with Crippen molar-refractivity contribution in [1.29, 1.82) is 0 Å². The van der Waals surface area contributed by atoms with E-state index in [9.17, 15) is 4.79 Å². The minimum absolute atomic E-state index is 0.0651. The maximum absolute atomic E-state index is 12.4. The summed E-state index contributed by atoms with van der Waals surface area (Å²) in [4.78, 5) is 18.7. The largest absolute Gasteiger partial charge is 0.475 e. The van der Waals surface area contributed by atoms with Gasteiger partial charge in [-0.15, -0.1) is 0 Å². The molecule has 0 radical (unpaired) electrons. The lowest BCUT2D eigenvalue weighted by Crippen LogP contribution is -2.35. The number of hydrogen-bond acceptors (Lipinski definition) is 6. The number of carbonyl (C=O) groups excluding carboxylic acids is 1. The van der Waals surface area contributed by atoms with E-state index < -0.39 is 5.60 Å². The van der Waals surface area contributed by atoms with Gasteiger partial charge in [0.25, 0.3) is 0 Å². The first-order valence-corrected chi connectivity index (χ1v) is 11.9. The average molecular weight is 482 g/mol. The Balaban J connectivity index is 2.38. The van der Waals surface area contributed by atoms with Crippen LogP contribution in [0.4, 0.5) is 4.79 Å². The quantitative estimate of drug-likeness (QED) is 0.349. The number of benzene rings is 1. The Morgan fingerprint density at radius 3 is 2.47 bits per heavy atom. The van der Waals surface area contributed by atoms with Crippen LogP contribution in [-0.2, 0) is 9.47 Å². The molecule has 0 bridgehead atoms. The Labute approximate surface area is 201 Å². The van der Waals surface area contributed by atoms with Crippen LogP contribution in [0.15, 0.2) is 27.6 Å². The molecule has 6 nitrogen and oxygen atoms in total. The van der Waals surface area contributed by atoms with E-state index in [4.69, 9.17) is 30.5 Å². The summed E-state index contributed by atoms with van der Waals surface area (Å²) in [6.45, 7) is 16.9. The lowest BCUT2D eigenvalue weighted by Gasteiger charge is -2.25. The molecule has 1 amide bonds. The van der Waals surface area contributed by atoms with Crippen molar-refractivity contribution in [3.05, 3.63) is 34.3 Å². The molecule has 1 aromatic carbocycles. The molecule has 1 heterocycles. The standard InChI is InChI=1S/C24H36ClN3O3S/c1-22(2,3)31-21(29)28(9)13-12-19(27-32-23(4,5)6)18-14-16(25)10-11-17(18)20-26-24(7,8)15-30-20/h10-11,14H,12-13,15H2,1-9H3/b27-19+. The minimum atomic E-state index is -0.546. The maximum atomic E-state index is 12.4. The minimum Gasteiger partial charge on any atom is -0.475 e. The van der Waals surface area contributed by atoms with Crippen LogP contribution in [0.2, 0.25) is 5.02 Å². The molecule has 1 aliphatic rings. The van der Waals surface area contributed by atoms with Crippen molar-refractivity contribution < 1.29 is 14.3 Å². The molecular weight excluding hydrogens is 446 g/mol. The first-order chi connectivity index (χ1) is 14.6. The number of halogens is 1. The average Bonchev–Trinajstić information content (AvgIpc) is 2.98. The normalized spacial score (nSPS) is 16.4. The second-order valence-corrected chi connectivity index (χ2v) is 12.6. The van der Waals surface area contributed by atoms with Gasteiger partial charge in [0.1, 0.15) is 12.2 Å². The fourth-order valence-corrected chi connectivity index (χ4v) is 3.54. The van der Waals surface area contributed by atoms with E-state index in [0.717, 1.165) is 16.8 Å². The summed E-state index contributed by atoms with van der Waals surface area (Å²) >= 11 is 7.87. The number of ether oxygens (including phenoxy) is 2. The summed E-state index contributed by atoms with van der Waals surface area (Å²) < 4.78 is 16.2. The van der Waals surface area contributed by atoms with Crippen LogP contribution in [0.1, 0.15) is 72.9 Å². The number of hydrogen-bond donors (Lipinski definition) is 0. The highest BCUT2D eigenvalue weighted by molar-refractivity contribution is 7.99. The molecule has 178 valence electrons. The van der Waals surface area contributed by atoms with Gasteiger partial charge in [0, 0.05) is 40.9 Å². The third-order valence-electron chi connectivity index (χ3n) is 4.31. The molecule has 1 aliphatic heterocycles. The summed E-state index contributed by atoms with van der Waals surface area (Å²) in [6.07, 6.45) is 0.167. The van der Waals surface area contributed by atoms with Gasteiger partial charge in [-0.2, -0.15) is 0 Å². The molecule has 0 atom stereocenters. The number of nitrogens with zero attached hydrogens (tertiary/aromatic N) is 3. The van der Waals surface area contributed by atoms with Crippen LogP contribution in [0.25, 0.3) is 0 Å². The monoisotopic (exact) mass is 481 g/mol. The Bertz CT molecular complexity index is 899. The Hall–Kier alpha value is -1.73. The Morgan fingerprint density at radius 1 is 1.28 bits per heavy atom. The number of aliphatic imine (C=N–C) groups is 1. The molecular formula is C24H36ClN3O3S. The second kappa shape index (κ2) is 10.0. The summed E-state index contributed by atoms with van der Waals surface area (Å²) in [7, 11) is 1.73. The van der Waals surface area contributed by atoms with Gasteiger partial charge in [-0.1, -0.05) is 11.6 Å². The molecule has 0 saturated carbocycles. The van der Waals surface area contributed by atoms with E-state index in [2.05, 4.69) is 20.8 Å². The van der Waals surface area contributed by atoms with E-state index in [-0.39, 0.29) is 16.4 Å². The number of amides is 1. The molecule has 1 aromatic rings. The molecule has 8 heteroatoms. The van der Waals surface area contributed by atoms with Gasteiger partial charge in [-0.25, -0.2) is 14.2 Å². The zero-order valence-electron chi connectivity index (χ0n) is 20.7. The van der Waals surface area contributed by atoms with Crippen LogP contribution in [-0.4, -0.2) is 58.7 Å². The van der Waals surface area contributed by atoms with Gasteiger partial charge in [0.05, 0.1) is 11.3 Å². The van der Waals surface area contributed by atoms with Crippen molar-refractivity contribution >= 4 is 41.3 Å². The van der Waals surface area contributed by atoms with Crippen LogP contribution in [0, 0.1) is 0 Å². The zero-order valence-corrected chi connectivity index (χ0v) is 22.3. The van der Waals surface area contributed by atoms with Gasteiger partial charge in [-0.3, -0.25) is 0 Å². The number of carbonyl (C=O) groups is 1. The summed E-state index contributed by atoms with van der Waals surface area (Å²) in [5.74, 6) is 0.593. The zero-order chi connectivity index (χ0) is 24.3. The van der Waals surface area contributed by atoms with Gasteiger partial charge in [0.2, 0.25) is 5.90 Å². The summed E-state index contributed by atoms with van der Waals surface area (Å²) in [6, 6.07) is 5.65. The van der Waals surface area contributed by atoms with Crippen LogP contribution in [0.5, 0.6) is 0 Å². The fraction of sp³-hybridized carbons (Fsp3) is 0.625. The first-order valence-electron chi connectivity index (χ1n) is 10.8. The van der Waals surface area contributed by atoms with Crippen molar-refractivity contribution in [3.63, 3.8) is 0 Å². The third-order valence-corrected chi connectivity index (χ3v) is 5.40. The molecule has 0 unspecified atom stereocenters. The molecule has 0 N–H and O–H groups in total. The summed E-state index contributed by atoms with van der Waals surface area (Å²) in [5, 5.41) is 0.607. The fourth-order valence-electron chi connectivity index (χ4n) is 2.79. The molecule has 0 fully saturated rings. The van der Waals surface area contributed by atoms with Crippen LogP contribution >= 0.6 is 23.5 Å². The molecule has 0 aliphatic carbocycles.